The smallest absolute Gasteiger partial charge is 0.124 e. The number of rotatable bonds is 7. The first kappa shape index (κ1) is 14.9. The van der Waals surface area contributed by atoms with E-state index >= 15 is 0 Å². The van der Waals surface area contributed by atoms with Crippen molar-refractivity contribution in [1.29, 1.82) is 0 Å². The number of aliphatic hydroxyl groups is 1. The van der Waals surface area contributed by atoms with Crippen LogP contribution in [-0.4, -0.2) is 5.11 Å². The molecule has 0 saturated carbocycles. The second kappa shape index (κ2) is 8.03. The second-order valence-electron chi connectivity index (χ2n) is 4.38. The quantitative estimate of drug-likeness (QED) is 0.552. The Kier molecular flexibility index (Phi) is 7.04. The minimum absolute atomic E-state index is 0.242. The minimum Gasteiger partial charge on any atom is -0.388 e. The van der Waals surface area contributed by atoms with E-state index in [-0.39, 0.29) is 5.82 Å². The summed E-state index contributed by atoms with van der Waals surface area (Å²) in [6.07, 6.45) is 6.26. The van der Waals surface area contributed by atoms with Crippen LogP contribution in [0.3, 0.4) is 0 Å². The molecule has 1 aromatic carbocycles. The number of unbranched alkanes of at least 4 members (excludes halogenated alkanes) is 4. The van der Waals surface area contributed by atoms with Gasteiger partial charge in [0.2, 0.25) is 0 Å². The Morgan fingerprint density at radius 1 is 1.24 bits per heavy atom. The standard InChI is InChI=1S/C14H20FIO/c1-2-3-4-5-6-7-14(17)12-9-8-11(15)10-13(12)16/h8-10,14,17H,2-7H2,1H3. The first-order chi connectivity index (χ1) is 8.15. The summed E-state index contributed by atoms with van der Waals surface area (Å²) in [6, 6.07) is 4.57. The molecule has 0 fully saturated rings. The van der Waals surface area contributed by atoms with E-state index in [1.54, 1.807) is 6.07 Å². The lowest BCUT2D eigenvalue weighted by Crippen LogP contribution is -2.00. The molecule has 0 amide bonds. The summed E-state index contributed by atoms with van der Waals surface area (Å²) < 4.78 is 13.7. The average Bonchev–Trinajstić information content (AvgIpc) is 2.28. The highest BCUT2D eigenvalue weighted by atomic mass is 127. The summed E-state index contributed by atoms with van der Waals surface area (Å²) in [5, 5.41) is 10.0. The molecule has 1 unspecified atom stereocenters. The molecular formula is C14H20FIO. The third-order valence-corrected chi connectivity index (χ3v) is 3.84. The van der Waals surface area contributed by atoms with Crippen molar-refractivity contribution >= 4 is 22.6 Å². The van der Waals surface area contributed by atoms with Gasteiger partial charge in [0.05, 0.1) is 6.10 Å². The molecular weight excluding hydrogens is 330 g/mol. The number of aliphatic hydroxyl groups excluding tert-OH is 1. The highest BCUT2D eigenvalue weighted by Gasteiger charge is 2.11. The predicted octanol–water partition coefficient (Wildman–Crippen LogP) is 4.82. The molecule has 0 radical (unpaired) electrons. The minimum atomic E-state index is -0.455. The number of benzene rings is 1. The van der Waals surface area contributed by atoms with Crippen molar-refractivity contribution in [2.75, 3.05) is 0 Å². The molecule has 0 spiro atoms. The van der Waals surface area contributed by atoms with Crippen LogP contribution in [0, 0.1) is 9.39 Å². The van der Waals surface area contributed by atoms with E-state index in [2.05, 4.69) is 29.5 Å². The van der Waals surface area contributed by atoms with Crippen molar-refractivity contribution in [3.63, 3.8) is 0 Å². The van der Waals surface area contributed by atoms with E-state index in [0.717, 1.165) is 22.0 Å². The van der Waals surface area contributed by atoms with Crippen LogP contribution >= 0.6 is 22.6 Å². The normalized spacial score (nSPS) is 12.7. The van der Waals surface area contributed by atoms with Gasteiger partial charge in [0.15, 0.2) is 0 Å². The SMILES string of the molecule is CCCCCCCC(O)c1ccc(F)cc1I. The van der Waals surface area contributed by atoms with Gasteiger partial charge in [-0.15, -0.1) is 0 Å². The third kappa shape index (κ3) is 5.34. The number of halogens is 2. The summed E-state index contributed by atoms with van der Waals surface area (Å²) in [5.41, 5.74) is 0.850. The van der Waals surface area contributed by atoms with Gasteiger partial charge in [-0.3, -0.25) is 0 Å². The summed E-state index contributed by atoms with van der Waals surface area (Å²) >= 11 is 2.08. The van der Waals surface area contributed by atoms with Gasteiger partial charge in [-0.05, 0) is 46.7 Å². The fourth-order valence-corrected chi connectivity index (χ4v) is 2.71. The molecule has 0 bridgehead atoms. The average molecular weight is 350 g/mol. The van der Waals surface area contributed by atoms with Gasteiger partial charge >= 0.3 is 0 Å². The van der Waals surface area contributed by atoms with Crippen molar-refractivity contribution in [2.45, 2.75) is 51.6 Å². The molecule has 1 aromatic rings. The molecule has 1 atom stereocenters. The highest BCUT2D eigenvalue weighted by molar-refractivity contribution is 14.1. The lowest BCUT2D eigenvalue weighted by atomic mass is 10.0. The van der Waals surface area contributed by atoms with Gasteiger partial charge in [0, 0.05) is 3.57 Å². The fourth-order valence-electron chi connectivity index (χ4n) is 1.87. The lowest BCUT2D eigenvalue weighted by Gasteiger charge is -2.12. The first-order valence-electron chi connectivity index (χ1n) is 6.28. The molecule has 3 heteroatoms. The van der Waals surface area contributed by atoms with E-state index in [0.29, 0.717) is 0 Å². The van der Waals surface area contributed by atoms with Crippen LogP contribution < -0.4 is 0 Å². The van der Waals surface area contributed by atoms with Crippen molar-refractivity contribution in [3.05, 3.63) is 33.1 Å². The second-order valence-corrected chi connectivity index (χ2v) is 5.55. The van der Waals surface area contributed by atoms with E-state index in [4.69, 9.17) is 0 Å². The van der Waals surface area contributed by atoms with Gasteiger partial charge in [-0.1, -0.05) is 45.1 Å². The Balaban J connectivity index is 2.38. The first-order valence-corrected chi connectivity index (χ1v) is 7.36. The fraction of sp³-hybridized carbons (Fsp3) is 0.571. The number of hydrogen-bond acceptors (Lipinski definition) is 1. The van der Waals surface area contributed by atoms with Crippen molar-refractivity contribution in [3.8, 4) is 0 Å². The highest BCUT2D eigenvalue weighted by Crippen LogP contribution is 2.25. The van der Waals surface area contributed by atoms with Crippen LogP contribution in [0.4, 0.5) is 4.39 Å². The molecule has 1 nitrogen and oxygen atoms in total. The van der Waals surface area contributed by atoms with E-state index in [1.807, 2.05) is 0 Å². The Bertz CT molecular complexity index is 341. The molecule has 1 rings (SSSR count). The largest absolute Gasteiger partial charge is 0.388 e. The third-order valence-electron chi connectivity index (χ3n) is 2.90. The summed E-state index contributed by atoms with van der Waals surface area (Å²) in [5.74, 6) is -0.242. The molecule has 0 aliphatic carbocycles. The van der Waals surface area contributed by atoms with Gasteiger partial charge in [0.1, 0.15) is 5.82 Å². The van der Waals surface area contributed by atoms with Crippen LogP contribution in [0.15, 0.2) is 18.2 Å². The van der Waals surface area contributed by atoms with Crippen LogP contribution in [0.1, 0.15) is 57.1 Å². The topological polar surface area (TPSA) is 20.2 Å². The zero-order valence-electron chi connectivity index (χ0n) is 10.3. The molecule has 0 aliphatic heterocycles. The molecule has 0 aliphatic rings. The molecule has 96 valence electrons. The zero-order valence-corrected chi connectivity index (χ0v) is 12.4. The molecule has 17 heavy (non-hydrogen) atoms. The van der Waals surface area contributed by atoms with Crippen molar-refractivity contribution in [2.24, 2.45) is 0 Å². The van der Waals surface area contributed by atoms with Crippen molar-refractivity contribution in [1.82, 2.24) is 0 Å². The zero-order chi connectivity index (χ0) is 12.7. The van der Waals surface area contributed by atoms with Gasteiger partial charge in [-0.2, -0.15) is 0 Å². The van der Waals surface area contributed by atoms with Crippen molar-refractivity contribution < 1.29 is 9.50 Å². The predicted molar refractivity (Wildman–Crippen MR) is 77.5 cm³/mol. The van der Waals surface area contributed by atoms with Crippen LogP contribution in [0.5, 0.6) is 0 Å². The summed E-state index contributed by atoms with van der Waals surface area (Å²) in [6.45, 7) is 2.19. The maximum Gasteiger partial charge on any atom is 0.124 e. The van der Waals surface area contributed by atoms with E-state index in [1.165, 1.54) is 37.8 Å². The Morgan fingerprint density at radius 3 is 2.59 bits per heavy atom. The van der Waals surface area contributed by atoms with Crippen LogP contribution in [0.25, 0.3) is 0 Å². The van der Waals surface area contributed by atoms with Gasteiger partial charge < -0.3 is 5.11 Å². The molecule has 1 N–H and O–H groups in total. The lowest BCUT2D eigenvalue weighted by molar-refractivity contribution is 0.162. The van der Waals surface area contributed by atoms with E-state index in [9.17, 15) is 9.50 Å². The Hall–Kier alpha value is -0.160. The van der Waals surface area contributed by atoms with Crippen LogP contribution in [-0.2, 0) is 0 Å². The van der Waals surface area contributed by atoms with E-state index < -0.39 is 6.10 Å². The monoisotopic (exact) mass is 350 g/mol. The molecule has 0 saturated heterocycles. The Labute approximate surface area is 117 Å². The number of hydrogen-bond donors (Lipinski definition) is 1. The van der Waals surface area contributed by atoms with Gasteiger partial charge in [0.25, 0.3) is 0 Å². The maximum absolute atomic E-state index is 12.9. The Morgan fingerprint density at radius 2 is 1.94 bits per heavy atom. The molecule has 0 heterocycles. The van der Waals surface area contributed by atoms with Gasteiger partial charge in [-0.25, -0.2) is 4.39 Å². The summed E-state index contributed by atoms with van der Waals surface area (Å²) in [7, 11) is 0. The maximum atomic E-state index is 12.9. The van der Waals surface area contributed by atoms with Crippen LogP contribution in [0.2, 0.25) is 0 Å². The summed E-state index contributed by atoms with van der Waals surface area (Å²) in [4.78, 5) is 0. The molecule has 0 aromatic heterocycles.